The van der Waals surface area contributed by atoms with Crippen LogP contribution in [-0.4, -0.2) is 66.1 Å². The molecule has 1 aromatic heterocycles. The van der Waals surface area contributed by atoms with E-state index in [-0.39, 0.29) is 18.3 Å². The molecule has 11 nitrogen and oxygen atoms in total. The number of nitrogens with one attached hydrogen (secondary N) is 1. The van der Waals surface area contributed by atoms with Crippen molar-refractivity contribution in [2.24, 2.45) is 11.5 Å². The number of nitrogens with two attached hydrogens (primary N) is 2. The van der Waals surface area contributed by atoms with Gasteiger partial charge in [-0.05, 0) is 52.2 Å². The molecule has 0 aromatic carbocycles. The van der Waals surface area contributed by atoms with E-state index in [9.17, 15) is 19.2 Å². The number of hydrogen-bond donors (Lipinski definition) is 3. The number of amides is 4. The molecule has 2 heterocycles. The van der Waals surface area contributed by atoms with Gasteiger partial charge < -0.3 is 31.2 Å². The minimum Gasteiger partial charge on any atom is -0.444 e. The van der Waals surface area contributed by atoms with Crippen LogP contribution in [0.25, 0.3) is 0 Å². The third-order valence-electron chi connectivity index (χ3n) is 3.58. The van der Waals surface area contributed by atoms with E-state index < -0.39 is 23.5 Å². The first kappa shape index (κ1) is 29.1. The van der Waals surface area contributed by atoms with Gasteiger partial charge in [0.25, 0.3) is 0 Å². The number of rotatable bonds is 3. The molecule has 1 aliphatic heterocycles. The summed E-state index contributed by atoms with van der Waals surface area (Å²) in [6.45, 7) is 7.36. The van der Waals surface area contributed by atoms with Crippen LogP contribution in [0.3, 0.4) is 0 Å². The molecule has 4 amide bonds. The zero-order chi connectivity index (χ0) is 24.7. The lowest BCUT2D eigenvalue weighted by atomic mass is 10.1. The topological polar surface area (TPSA) is 167 Å². The smallest absolute Gasteiger partial charge is 0.405 e. The Kier molecular flexibility index (Phi) is 13.6. The van der Waals surface area contributed by atoms with Crippen molar-refractivity contribution in [3.63, 3.8) is 0 Å². The Morgan fingerprint density at radius 1 is 1.12 bits per heavy atom. The number of pyridine rings is 1. The van der Waals surface area contributed by atoms with Gasteiger partial charge in [-0.15, -0.1) is 0 Å². The Labute approximate surface area is 192 Å². The van der Waals surface area contributed by atoms with Crippen LogP contribution in [0.4, 0.5) is 10.6 Å². The van der Waals surface area contributed by atoms with E-state index in [4.69, 9.17) is 27.8 Å². The molecule has 1 aliphatic rings. The van der Waals surface area contributed by atoms with Gasteiger partial charge in [-0.3, -0.25) is 14.4 Å². The van der Waals surface area contributed by atoms with Gasteiger partial charge in [-0.2, -0.15) is 0 Å². The molecule has 180 valence electrons. The fraction of sp³-hybridized carbons (Fsp3) is 0.550. The van der Waals surface area contributed by atoms with Crippen LogP contribution >= 0.6 is 11.6 Å². The first-order valence-corrected chi connectivity index (χ1v) is 10.2. The molecule has 2 rings (SSSR count). The molecule has 1 saturated heterocycles. The average molecular weight is 474 g/mol. The predicted molar refractivity (Wildman–Crippen MR) is 120 cm³/mol. The van der Waals surface area contributed by atoms with Gasteiger partial charge in [0.2, 0.25) is 5.91 Å². The lowest BCUT2D eigenvalue weighted by molar-refractivity contribution is -0.136. The number of halogens is 1. The molecule has 0 atom stereocenters. The van der Waals surface area contributed by atoms with E-state index >= 15 is 0 Å². The lowest BCUT2D eigenvalue weighted by Crippen LogP contribution is -2.37. The number of hydrogen-bond acceptors (Lipinski definition) is 7. The van der Waals surface area contributed by atoms with Gasteiger partial charge in [0.1, 0.15) is 18.0 Å². The van der Waals surface area contributed by atoms with Crippen LogP contribution in [-0.2, 0) is 23.9 Å². The van der Waals surface area contributed by atoms with E-state index in [1.165, 1.54) is 24.8 Å². The van der Waals surface area contributed by atoms with Gasteiger partial charge in [0.15, 0.2) is 0 Å². The molecule has 0 spiro atoms. The molecule has 0 radical (unpaired) electrons. The largest absolute Gasteiger partial charge is 0.444 e. The SMILES string of the molecule is CC(C)(C)OC(N)=O.COCC(=O)N1CCCCC1.NC(=O)C(=O)Nc1ccc(Cl)cn1. The zero-order valence-electron chi connectivity index (χ0n) is 18.9. The molecule has 0 unspecified atom stereocenters. The second-order valence-corrected chi connectivity index (χ2v) is 8.02. The van der Waals surface area contributed by atoms with E-state index in [2.05, 4.69) is 15.0 Å². The molecular weight excluding hydrogens is 442 g/mol. The molecule has 1 fully saturated rings. The molecule has 0 aliphatic carbocycles. The fourth-order valence-electron chi connectivity index (χ4n) is 2.29. The Hall–Kier alpha value is -2.92. The summed E-state index contributed by atoms with van der Waals surface area (Å²) in [5, 5.41) is 2.63. The Morgan fingerprint density at radius 3 is 2.09 bits per heavy atom. The summed E-state index contributed by atoms with van der Waals surface area (Å²) in [6.07, 6.45) is 4.18. The number of piperidine rings is 1. The number of methoxy groups -OCH3 is 1. The number of nitrogens with zero attached hydrogens (tertiary/aromatic N) is 2. The third kappa shape index (κ3) is 15.0. The summed E-state index contributed by atoms with van der Waals surface area (Å²) in [5.41, 5.74) is 8.97. The van der Waals surface area contributed by atoms with Gasteiger partial charge >= 0.3 is 17.9 Å². The molecule has 5 N–H and O–H groups in total. The van der Waals surface area contributed by atoms with Crippen molar-refractivity contribution in [1.29, 1.82) is 0 Å². The minimum absolute atomic E-state index is 0.132. The summed E-state index contributed by atoms with van der Waals surface area (Å²) in [7, 11) is 1.56. The van der Waals surface area contributed by atoms with Crippen LogP contribution < -0.4 is 16.8 Å². The second-order valence-electron chi connectivity index (χ2n) is 7.59. The number of ether oxygens (including phenoxy) is 2. The molecule has 32 heavy (non-hydrogen) atoms. The Balaban J connectivity index is 0.000000465. The van der Waals surface area contributed by atoms with Gasteiger partial charge in [0.05, 0.1) is 5.02 Å². The highest BCUT2D eigenvalue weighted by atomic mass is 35.5. The van der Waals surface area contributed by atoms with Crippen LogP contribution in [0, 0.1) is 0 Å². The number of aromatic nitrogens is 1. The van der Waals surface area contributed by atoms with Crippen LogP contribution in [0.5, 0.6) is 0 Å². The molecule has 0 bridgehead atoms. The normalized spacial score (nSPS) is 12.8. The molecule has 12 heteroatoms. The number of carbonyl (C=O) groups is 4. The standard InChI is InChI=1S/C8H15NO2.C7H6ClN3O2.C5H11NO2/c1-11-7-8(10)9-5-3-2-4-6-9;8-4-1-2-5(10-3-4)11-7(13)6(9)12;1-5(2,3)8-4(6)7/h2-7H2,1H3;1-3H,(H2,9,12)(H,10,11,13);1-3H3,(H2,6,7). The van der Waals surface area contributed by atoms with Crippen LogP contribution in [0.15, 0.2) is 18.3 Å². The van der Waals surface area contributed by atoms with Gasteiger partial charge in [0, 0.05) is 26.4 Å². The summed E-state index contributed by atoms with van der Waals surface area (Å²) >= 11 is 5.54. The lowest BCUT2D eigenvalue weighted by Gasteiger charge is -2.26. The van der Waals surface area contributed by atoms with Crippen molar-refractivity contribution in [2.45, 2.75) is 45.6 Å². The minimum atomic E-state index is -1.06. The molecular formula is C20H32ClN5O6. The summed E-state index contributed by atoms with van der Waals surface area (Å²) in [6, 6.07) is 2.99. The van der Waals surface area contributed by atoms with Crippen molar-refractivity contribution in [2.75, 3.05) is 32.1 Å². The molecule has 0 saturated carbocycles. The van der Waals surface area contributed by atoms with Gasteiger partial charge in [-0.1, -0.05) is 11.6 Å². The van der Waals surface area contributed by atoms with E-state index in [1.807, 2.05) is 4.90 Å². The van der Waals surface area contributed by atoms with Crippen molar-refractivity contribution in [3.8, 4) is 0 Å². The monoisotopic (exact) mass is 473 g/mol. The van der Waals surface area contributed by atoms with Crippen molar-refractivity contribution >= 4 is 41.2 Å². The summed E-state index contributed by atoms with van der Waals surface area (Å²) in [5.74, 6) is -1.60. The Morgan fingerprint density at radius 2 is 1.72 bits per heavy atom. The van der Waals surface area contributed by atoms with Crippen LogP contribution in [0.2, 0.25) is 5.02 Å². The Bertz CT molecular complexity index is 746. The maximum Gasteiger partial charge on any atom is 0.405 e. The first-order valence-electron chi connectivity index (χ1n) is 9.83. The maximum absolute atomic E-state index is 11.2. The van der Waals surface area contributed by atoms with E-state index in [0.29, 0.717) is 5.02 Å². The van der Waals surface area contributed by atoms with E-state index in [0.717, 1.165) is 25.9 Å². The van der Waals surface area contributed by atoms with Gasteiger partial charge in [-0.25, -0.2) is 9.78 Å². The quantitative estimate of drug-likeness (QED) is 0.561. The third-order valence-corrected chi connectivity index (χ3v) is 3.80. The number of carbonyl (C=O) groups excluding carboxylic acids is 4. The first-order chi connectivity index (χ1) is 14.9. The number of primary amides is 2. The summed E-state index contributed by atoms with van der Waals surface area (Å²) < 4.78 is 9.34. The van der Waals surface area contributed by atoms with Crippen LogP contribution in [0.1, 0.15) is 40.0 Å². The second kappa shape index (κ2) is 15.0. The average Bonchev–Trinajstić information content (AvgIpc) is 2.69. The number of anilines is 1. The predicted octanol–water partition coefficient (Wildman–Crippen LogP) is 1.68. The highest BCUT2D eigenvalue weighted by molar-refractivity contribution is 6.39. The van der Waals surface area contributed by atoms with Crippen molar-refractivity contribution in [1.82, 2.24) is 9.88 Å². The maximum atomic E-state index is 11.2. The molecule has 1 aromatic rings. The van der Waals surface area contributed by atoms with Crippen molar-refractivity contribution < 1.29 is 28.7 Å². The summed E-state index contributed by atoms with van der Waals surface area (Å²) in [4.78, 5) is 47.9. The highest BCUT2D eigenvalue weighted by Crippen LogP contribution is 2.09. The fourth-order valence-corrected chi connectivity index (χ4v) is 2.40. The zero-order valence-corrected chi connectivity index (χ0v) is 19.6. The number of likely N-dealkylation sites (tertiary alicyclic amines) is 1. The van der Waals surface area contributed by atoms with E-state index in [1.54, 1.807) is 27.9 Å². The van der Waals surface area contributed by atoms with Crippen molar-refractivity contribution in [3.05, 3.63) is 23.4 Å². The highest BCUT2D eigenvalue weighted by Gasteiger charge is 2.15.